The maximum absolute atomic E-state index is 14.4. The normalized spacial score (nSPS) is 15.6. The summed E-state index contributed by atoms with van der Waals surface area (Å²) in [5.41, 5.74) is 10.2. The first-order valence-electron chi connectivity index (χ1n) is 14.9. The van der Waals surface area contributed by atoms with E-state index in [1.54, 1.807) is 0 Å². The van der Waals surface area contributed by atoms with Gasteiger partial charge in [-0.05, 0) is 103 Å². The molecule has 0 heterocycles. The Labute approximate surface area is 254 Å². The minimum Gasteiger partial charge on any atom is -0.204 e. The Morgan fingerprint density at radius 3 is 1.98 bits per heavy atom. The maximum Gasteiger partial charge on any atom is 0.194 e. The molecule has 1 unspecified atom stereocenters. The van der Waals surface area contributed by atoms with Gasteiger partial charge in [-0.25, -0.2) is 13.2 Å². The molecule has 2 aliphatic rings. The molecule has 1 atom stereocenters. The molecule has 0 radical (unpaired) electrons. The molecule has 0 fully saturated rings. The topological polar surface area (TPSA) is 0 Å². The lowest BCUT2D eigenvalue weighted by Crippen LogP contribution is -2.11. The molecule has 6 aromatic carbocycles. The highest BCUT2D eigenvalue weighted by molar-refractivity contribution is 6.21. The Bertz CT molecular complexity index is 2210. The van der Waals surface area contributed by atoms with Crippen molar-refractivity contribution in [1.82, 2.24) is 0 Å². The predicted molar refractivity (Wildman–Crippen MR) is 176 cm³/mol. The van der Waals surface area contributed by atoms with Crippen LogP contribution in [0.3, 0.4) is 0 Å². The van der Waals surface area contributed by atoms with E-state index >= 15 is 0 Å². The lowest BCUT2D eigenvalue weighted by Gasteiger charge is -2.30. The zero-order chi connectivity index (χ0) is 29.9. The molecule has 0 amide bonds. The van der Waals surface area contributed by atoms with Crippen molar-refractivity contribution in [3.63, 3.8) is 0 Å². The Hall–Kier alpha value is -5.15. The molecular formula is C41H27F3. The Morgan fingerprint density at radius 1 is 0.591 bits per heavy atom. The third-order valence-electron chi connectivity index (χ3n) is 9.05. The van der Waals surface area contributed by atoms with Crippen LogP contribution in [0, 0.1) is 30.3 Å². The summed E-state index contributed by atoms with van der Waals surface area (Å²) in [6, 6.07) is 33.6. The molecule has 0 aromatic heterocycles. The fraction of sp³-hybridized carbons (Fsp3) is 0.0732. The van der Waals surface area contributed by atoms with Crippen LogP contribution in [0.5, 0.6) is 0 Å². The lowest BCUT2D eigenvalue weighted by atomic mass is 9.74. The third-order valence-corrected chi connectivity index (χ3v) is 9.05. The SMILES string of the molecule is Cc1ccc(-c2c3ccccc3c(C3=CC4CC=CC=C4c4ccccc43)c3ccc(-c4cc(F)c(F)c(F)c4)cc23)cc1. The van der Waals surface area contributed by atoms with Crippen LogP contribution in [0.1, 0.15) is 28.7 Å². The van der Waals surface area contributed by atoms with E-state index in [2.05, 4.69) is 110 Å². The zero-order valence-corrected chi connectivity index (χ0v) is 24.0. The molecule has 0 saturated heterocycles. The summed E-state index contributed by atoms with van der Waals surface area (Å²) in [6.45, 7) is 2.06. The molecule has 6 aromatic rings. The van der Waals surface area contributed by atoms with Crippen LogP contribution in [0.2, 0.25) is 0 Å². The van der Waals surface area contributed by atoms with Crippen molar-refractivity contribution >= 4 is 32.7 Å². The fourth-order valence-corrected chi connectivity index (χ4v) is 6.98. The molecule has 212 valence electrons. The van der Waals surface area contributed by atoms with Crippen LogP contribution in [-0.2, 0) is 0 Å². The average molecular weight is 577 g/mol. The van der Waals surface area contributed by atoms with E-state index in [1.807, 2.05) is 12.1 Å². The van der Waals surface area contributed by atoms with Gasteiger partial charge >= 0.3 is 0 Å². The summed E-state index contributed by atoms with van der Waals surface area (Å²) in [4.78, 5) is 0. The van der Waals surface area contributed by atoms with Crippen LogP contribution in [0.4, 0.5) is 13.2 Å². The molecule has 0 aliphatic heterocycles. The van der Waals surface area contributed by atoms with Gasteiger partial charge in [0, 0.05) is 5.92 Å². The van der Waals surface area contributed by atoms with E-state index in [0.717, 1.165) is 62.4 Å². The number of fused-ring (bicyclic) bond motifs is 5. The van der Waals surface area contributed by atoms with Gasteiger partial charge < -0.3 is 0 Å². The molecule has 3 heteroatoms. The molecule has 44 heavy (non-hydrogen) atoms. The minimum atomic E-state index is -1.46. The number of halogens is 3. The zero-order valence-electron chi connectivity index (χ0n) is 24.0. The van der Waals surface area contributed by atoms with Gasteiger partial charge in [-0.1, -0.05) is 115 Å². The minimum absolute atomic E-state index is 0.264. The Kier molecular flexibility index (Phi) is 6.16. The van der Waals surface area contributed by atoms with Crippen molar-refractivity contribution in [2.24, 2.45) is 5.92 Å². The summed E-state index contributed by atoms with van der Waals surface area (Å²) in [7, 11) is 0. The highest BCUT2D eigenvalue weighted by Crippen LogP contribution is 2.49. The third kappa shape index (κ3) is 4.15. The van der Waals surface area contributed by atoms with E-state index in [-0.39, 0.29) is 5.92 Å². The van der Waals surface area contributed by atoms with Gasteiger partial charge in [-0.3, -0.25) is 0 Å². The summed E-state index contributed by atoms with van der Waals surface area (Å²) >= 11 is 0. The second-order valence-electron chi connectivity index (χ2n) is 11.7. The quantitative estimate of drug-likeness (QED) is 0.145. The van der Waals surface area contributed by atoms with Gasteiger partial charge in [0.25, 0.3) is 0 Å². The molecule has 0 saturated carbocycles. The lowest BCUT2D eigenvalue weighted by molar-refractivity contribution is 0.448. The molecule has 2 aliphatic carbocycles. The smallest absolute Gasteiger partial charge is 0.194 e. The molecule has 0 N–H and O–H groups in total. The summed E-state index contributed by atoms with van der Waals surface area (Å²) in [6.07, 6.45) is 9.94. The molecule has 0 nitrogen and oxygen atoms in total. The summed E-state index contributed by atoms with van der Waals surface area (Å²) in [5, 5.41) is 4.25. The van der Waals surface area contributed by atoms with E-state index in [4.69, 9.17) is 0 Å². The molecule has 0 spiro atoms. The Balaban J connectivity index is 1.49. The highest BCUT2D eigenvalue weighted by Gasteiger charge is 2.28. The van der Waals surface area contributed by atoms with Crippen molar-refractivity contribution in [2.45, 2.75) is 13.3 Å². The van der Waals surface area contributed by atoms with Crippen molar-refractivity contribution in [3.8, 4) is 22.3 Å². The molecule has 0 bridgehead atoms. The van der Waals surface area contributed by atoms with Gasteiger partial charge in [-0.15, -0.1) is 0 Å². The molecular weight excluding hydrogens is 549 g/mol. The fourth-order valence-electron chi connectivity index (χ4n) is 6.98. The van der Waals surface area contributed by atoms with E-state index in [0.29, 0.717) is 11.1 Å². The van der Waals surface area contributed by atoms with Crippen LogP contribution in [0.15, 0.2) is 127 Å². The largest absolute Gasteiger partial charge is 0.204 e. The highest BCUT2D eigenvalue weighted by atomic mass is 19.2. The second kappa shape index (κ2) is 10.2. The monoisotopic (exact) mass is 576 g/mol. The van der Waals surface area contributed by atoms with Gasteiger partial charge in [0.15, 0.2) is 17.5 Å². The number of hydrogen-bond acceptors (Lipinski definition) is 0. The van der Waals surface area contributed by atoms with Gasteiger partial charge in [-0.2, -0.15) is 0 Å². The van der Waals surface area contributed by atoms with Crippen LogP contribution >= 0.6 is 0 Å². The van der Waals surface area contributed by atoms with Crippen LogP contribution in [0.25, 0.3) is 54.9 Å². The van der Waals surface area contributed by atoms with E-state index in [9.17, 15) is 13.2 Å². The Morgan fingerprint density at radius 2 is 1.23 bits per heavy atom. The number of aryl methyl sites for hydroxylation is 1. The maximum atomic E-state index is 14.4. The second-order valence-corrected chi connectivity index (χ2v) is 11.7. The number of rotatable bonds is 3. The van der Waals surface area contributed by atoms with Crippen molar-refractivity contribution in [3.05, 3.63) is 167 Å². The van der Waals surface area contributed by atoms with E-state index in [1.165, 1.54) is 22.3 Å². The number of hydrogen-bond donors (Lipinski definition) is 0. The van der Waals surface area contributed by atoms with Crippen LogP contribution in [-0.4, -0.2) is 0 Å². The van der Waals surface area contributed by atoms with Crippen LogP contribution < -0.4 is 0 Å². The first-order chi connectivity index (χ1) is 21.5. The predicted octanol–water partition coefficient (Wildman–Crippen LogP) is 11.5. The molecule has 8 rings (SSSR count). The first kappa shape index (κ1) is 26.5. The first-order valence-corrected chi connectivity index (χ1v) is 14.9. The summed E-state index contributed by atoms with van der Waals surface area (Å²) < 4.78 is 42.7. The summed E-state index contributed by atoms with van der Waals surface area (Å²) in [5.74, 6) is -3.60. The average Bonchev–Trinajstić information content (AvgIpc) is 3.06. The van der Waals surface area contributed by atoms with Gasteiger partial charge in [0.2, 0.25) is 0 Å². The van der Waals surface area contributed by atoms with Crippen molar-refractivity contribution in [2.75, 3.05) is 0 Å². The van der Waals surface area contributed by atoms with Gasteiger partial charge in [0.1, 0.15) is 0 Å². The number of benzene rings is 6. The van der Waals surface area contributed by atoms with Crippen molar-refractivity contribution in [1.29, 1.82) is 0 Å². The van der Waals surface area contributed by atoms with Crippen molar-refractivity contribution < 1.29 is 13.2 Å². The van der Waals surface area contributed by atoms with Gasteiger partial charge in [0.05, 0.1) is 0 Å². The standard InChI is InChI=1S/C41H27F3/c1-24-14-16-25(17-15-24)39-32-12-6-7-13-33(32)40(35-21-27-8-2-3-9-29(27)30-10-4-5-11-31(30)35)34-19-18-26(20-36(34)39)28-22-37(42)41(44)38(43)23-28/h2-7,9-23,27H,8H2,1H3. The number of allylic oxidation sites excluding steroid dienone is 5. The van der Waals surface area contributed by atoms with E-state index < -0.39 is 17.5 Å².